The van der Waals surface area contributed by atoms with Crippen molar-refractivity contribution in [3.63, 3.8) is 0 Å². The first-order valence-corrected chi connectivity index (χ1v) is 9.39. The third-order valence-corrected chi connectivity index (χ3v) is 4.91. The fourth-order valence-corrected chi connectivity index (χ4v) is 3.60. The number of hydrogen-bond donors (Lipinski definition) is 2. The molecule has 0 bridgehead atoms. The lowest BCUT2D eigenvalue weighted by Gasteiger charge is -2.18. The first-order valence-electron chi connectivity index (χ1n) is 9.39. The van der Waals surface area contributed by atoms with E-state index in [0.29, 0.717) is 18.5 Å². The van der Waals surface area contributed by atoms with Gasteiger partial charge in [0.15, 0.2) is 5.69 Å². The average molecular weight is 392 g/mol. The number of carbonyl (C=O) groups is 2. The van der Waals surface area contributed by atoms with E-state index in [4.69, 9.17) is 0 Å². The predicted octanol–water partition coefficient (Wildman–Crippen LogP) is 4.07. The Morgan fingerprint density at radius 1 is 1.07 bits per heavy atom. The lowest BCUT2D eigenvalue weighted by atomic mass is 10.0. The number of aryl methyl sites for hydroxylation is 4. The van der Waals surface area contributed by atoms with Gasteiger partial charge in [-0.1, -0.05) is 6.07 Å². The molecule has 0 saturated heterocycles. The Bertz CT molecular complexity index is 1130. The van der Waals surface area contributed by atoms with Crippen LogP contribution in [0.3, 0.4) is 0 Å². The maximum Gasteiger partial charge on any atom is 0.276 e. The van der Waals surface area contributed by atoms with Gasteiger partial charge in [0.2, 0.25) is 5.91 Å². The van der Waals surface area contributed by atoms with E-state index in [9.17, 15) is 14.0 Å². The zero-order chi connectivity index (χ0) is 20.7. The molecule has 0 atom stereocenters. The van der Waals surface area contributed by atoms with Gasteiger partial charge in [0.05, 0.1) is 11.4 Å². The number of nitrogens with one attached hydrogen (secondary N) is 2. The van der Waals surface area contributed by atoms with E-state index in [1.165, 1.54) is 6.07 Å². The summed E-state index contributed by atoms with van der Waals surface area (Å²) in [6.07, 6.45) is 0.844. The highest BCUT2D eigenvalue weighted by atomic mass is 19.1. The minimum atomic E-state index is -0.607. The van der Waals surface area contributed by atoms with Gasteiger partial charge < -0.3 is 10.6 Å². The summed E-state index contributed by atoms with van der Waals surface area (Å²) in [5.41, 5.74) is 5.39. The van der Waals surface area contributed by atoms with E-state index >= 15 is 0 Å². The summed E-state index contributed by atoms with van der Waals surface area (Å²) in [5, 5.41) is 9.65. The Morgan fingerprint density at radius 2 is 1.79 bits per heavy atom. The molecule has 0 spiro atoms. The molecular formula is C22H21FN4O2. The second-order valence-corrected chi connectivity index (χ2v) is 7.42. The molecule has 1 aliphatic rings. The number of halogens is 1. The number of aromatic nitrogens is 2. The molecule has 2 heterocycles. The maximum atomic E-state index is 14.4. The van der Waals surface area contributed by atoms with Gasteiger partial charge in [0, 0.05) is 17.8 Å². The molecule has 1 aliphatic heterocycles. The molecule has 2 N–H and O–H groups in total. The van der Waals surface area contributed by atoms with E-state index in [1.807, 2.05) is 32.9 Å². The SMILES string of the molecule is Cc1cc(C)cc(-n2nc(C(=O)Nc3cc4c(cc3F)NC(=O)CC4)cc2C)c1. The molecule has 0 saturated carbocycles. The van der Waals surface area contributed by atoms with Crippen LogP contribution in [0.2, 0.25) is 0 Å². The second kappa shape index (κ2) is 7.16. The van der Waals surface area contributed by atoms with Crippen LogP contribution in [0.4, 0.5) is 15.8 Å². The maximum absolute atomic E-state index is 14.4. The lowest BCUT2D eigenvalue weighted by molar-refractivity contribution is -0.116. The zero-order valence-corrected chi connectivity index (χ0v) is 16.5. The highest BCUT2D eigenvalue weighted by Gasteiger charge is 2.20. The fourth-order valence-electron chi connectivity index (χ4n) is 3.60. The number of benzene rings is 2. The predicted molar refractivity (Wildman–Crippen MR) is 109 cm³/mol. The average Bonchev–Trinajstić information content (AvgIpc) is 3.03. The van der Waals surface area contributed by atoms with Crippen molar-refractivity contribution in [2.24, 2.45) is 0 Å². The van der Waals surface area contributed by atoms with Gasteiger partial charge in [-0.05, 0) is 74.2 Å². The van der Waals surface area contributed by atoms with Crippen molar-refractivity contribution in [1.29, 1.82) is 0 Å². The smallest absolute Gasteiger partial charge is 0.276 e. The number of nitrogens with zero attached hydrogens (tertiary/aromatic N) is 2. The van der Waals surface area contributed by atoms with Crippen LogP contribution in [0.1, 0.15) is 39.3 Å². The molecule has 1 aromatic heterocycles. The minimum absolute atomic E-state index is 0.0727. The summed E-state index contributed by atoms with van der Waals surface area (Å²) in [6, 6.07) is 10.5. The van der Waals surface area contributed by atoms with Crippen LogP contribution in [0.25, 0.3) is 5.69 Å². The Kier molecular flexibility index (Phi) is 4.66. The topological polar surface area (TPSA) is 76.0 Å². The summed E-state index contributed by atoms with van der Waals surface area (Å²) >= 11 is 0. The van der Waals surface area contributed by atoms with Crippen LogP contribution >= 0.6 is 0 Å². The molecule has 6 nitrogen and oxygen atoms in total. The third-order valence-electron chi connectivity index (χ3n) is 4.91. The highest BCUT2D eigenvalue weighted by molar-refractivity contribution is 6.03. The van der Waals surface area contributed by atoms with Gasteiger partial charge in [-0.2, -0.15) is 5.10 Å². The van der Waals surface area contributed by atoms with Crippen LogP contribution in [0.5, 0.6) is 0 Å². The van der Waals surface area contributed by atoms with Crippen LogP contribution in [-0.4, -0.2) is 21.6 Å². The largest absolute Gasteiger partial charge is 0.326 e. The zero-order valence-electron chi connectivity index (χ0n) is 16.5. The first-order chi connectivity index (χ1) is 13.8. The fraction of sp³-hybridized carbons (Fsp3) is 0.227. The summed E-state index contributed by atoms with van der Waals surface area (Å²) in [5.74, 6) is -1.24. The number of anilines is 2. The summed E-state index contributed by atoms with van der Waals surface area (Å²) in [7, 11) is 0. The number of hydrogen-bond acceptors (Lipinski definition) is 3. The number of rotatable bonds is 3. The number of fused-ring (bicyclic) bond motifs is 1. The molecule has 148 valence electrons. The van der Waals surface area contributed by atoms with Crippen molar-refractivity contribution >= 4 is 23.2 Å². The lowest BCUT2D eigenvalue weighted by Crippen LogP contribution is -2.20. The van der Waals surface area contributed by atoms with Gasteiger partial charge in [-0.25, -0.2) is 9.07 Å². The second-order valence-electron chi connectivity index (χ2n) is 7.42. The quantitative estimate of drug-likeness (QED) is 0.705. The third kappa shape index (κ3) is 3.76. The van der Waals surface area contributed by atoms with Gasteiger partial charge in [-0.3, -0.25) is 9.59 Å². The van der Waals surface area contributed by atoms with Gasteiger partial charge >= 0.3 is 0 Å². The van der Waals surface area contributed by atoms with Gasteiger partial charge in [0.1, 0.15) is 5.82 Å². The number of amides is 2. The molecule has 0 unspecified atom stereocenters. The van der Waals surface area contributed by atoms with E-state index in [2.05, 4.69) is 21.8 Å². The van der Waals surface area contributed by atoms with Crippen molar-refractivity contribution in [2.45, 2.75) is 33.6 Å². The van der Waals surface area contributed by atoms with E-state index in [1.54, 1.807) is 16.8 Å². The minimum Gasteiger partial charge on any atom is -0.326 e. The molecule has 7 heteroatoms. The van der Waals surface area contributed by atoms with Crippen LogP contribution in [-0.2, 0) is 11.2 Å². The summed E-state index contributed by atoms with van der Waals surface area (Å²) < 4.78 is 16.1. The number of carbonyl (C=O) groups excluding carboxylic acids is 2. The molecule has 2 aromatic carbocycles. The standard InChI is InChI=1S/C22H21FN4O2/c1-12-6-13(2)8-16(7-12)27-14(3)9-20(26-27)22(29)25-19-10-15-4-5-21(28)24-18(15)11-17(19)23/h6-11H,4-5H2,1-3H3,(H,24,28)(H,25,29). The summed E-state index contributed by atoms with van der Waals surface area (Å²) in [6.45, 7) is 5.87. The van der Waals surface area contributed by atoms with E-state index < -0.39 is 11.7 Å². The van der Waals surface area contributed by atoms with Crippen LogP contribution < -0.4 is 10.6 Å². The monoisotopic (exact) mass is 392 g/mol. The summed E-state index contributed by atoms with van der Waals surface area (Å²) in [4.78, 5) is 24.2. The molecule has 0 fully saturated rings. The Balaban J connectivity index is 1.61. The van der Waals surface area contributed by atoms with Crippen LogP contribution in [0, 0.1) is 26.6 Å². The highest BCUT2D eigenvalue weighted by Crippen LogP contribution is 2.29. The molecule has 4 rings (SSSR count). The van der Waals surface area contributed by atoms with Crippen molar-refractivity contribution in [1.82, 2.24) is 9.78 Å². The van der Waals surface area contributed by atoms with Gasteiger partial charge in [0.25, 0.3) is 5.91 Å². The normalized spacial score (nSPS) is 13.0. The van der Waals surface area contributed by atoms with Crippen LogP contribution in [0.15, 0.2) is 36.4 Å². The van der Waals surface area contributed by atoms with Crippen molar-refractivity contribution < 1.29 is 14.0 Å². The molecule has 0 radical (unpaired) electrons. The first kappa shape index (κ1) is 18.9. The van der Waals surface area contributed by atoms with Crippen molar-refractivity contribution in [3.05, 3.63) is 70.3 Å². The van der Waals surface area contributed by atoms with Gasteiger partial charge in [-0.15, -0.1) is 0 Å². The van der Waals surface area contributed by atoms with Crippen molar-refractivity contribution in [2.75, 3.05) is 10.6 Å². The molecule has 3 aromatic rings. The Hall–Kier alpha value is -3.48. The van der Waals surface area contributed by atoms with E-state index in [0.717, 1.165) is 28.1 Å². The molecule has 2 amide bonds. The molecular weight excluding hydrogens is 371 g/mol. The Labute approximate surface area is 167 Å². The molecule has 29 heavy (non-hydrogen) atoms. The Morgan fingerprint density at radius 3 is 2.52 bits per heavy atom. The van der Waals surface area contributed by atoms with Crippen molar-refractivity contribution in [3.8, 4) is 5.69 Å². The molecule has 0 aliphatic carbocycles. The van der Waals surface area contributed by atoms with E-state index in [-0.39, 0.29) is 17.3 Å².